The highest BCUT2D eigenvalue weighted by molar-refractivity contribution is 6.28. The molecule has 0 unspecified atom stereocenters. The number of benzene rings is 12. The van der Waals surface area contributed by atoms with E-state index in [-0.39, 0.29) is 10.8 Å². The van der Waals surface area contributed by atoms with Crippen molar-refractivity contribution in [3.05, 3.63) is 241 Å². The minimum Gasteiger partial charge on any atom is -0.309 e. The van der Waals surface area contributed by atoms with E-state index in [2.05, 4.69) is 255 Å². The molecule has 0 aliphatic heterocycles. The Morgan fingerprint density at radius 2 is 0.653 bits per heavy atom. The second-order valence-electron chi connectivity index (χ2n) is 21.6. The molecule has 0 spiro atoms. The summed E-state index contributed by atoms with van der Waals surface area (Å²) in [4.78, 5) is 0. The van der Waals surface area contributed by atoms with E-state index in [4.69, 9.17) is 0 Å². The van der Waals surface area contributed by atoms with Crippen molar-refractivity contribution in [1.29, 1.82) is 0 Å². The van der Waals surface area contributed by atoms with E-state index in [1.807, 2.05) is 0 Å². The first-order chi connectivity index (χ1) is 35.2. The van der Waals surface area contributed by atoms with Gasteiger partial charge >= 0.3 is 0 Å². The molecule has 0 N–H and O–H groups in total. The van der Waals surface area contributed by atoms with E-state index in [9.17, 15) is 0 Å². The zero-order valence-electron chi connectivity index (χ0n) is 40.7. The van der Waals surface area contributed by atoms with Gasteiger partial charge in [0.05, 0.1) is 22.1 Å². The summed E-state index contributed by atoms with van der Waals surface area (Å²) in [5.41, 5.74) is 23.0. The van der Waals surface area contributed by atoms with Crippen LogP contribution < -0.4 is 0 Å². The first-order valence-electron chi connectivity index (χ1n) is 25.5. The second kappa shape index (κ2) is 14.0. The average Bonchev–Trinajstić information content (AvgIpc) is 4.07. The zero-order valence-corrected chi connectivity index (χ0v) is 40.7. The van der Waals surface area contributed by atoms with Crippen LogP contribution in [0.15, 0.2) is 218 Å². The SMILES string of the molecule is CC1(C)c2ccc(-c3ccc4ccc5c(-c6ccc7c(c6)-c6cc8c9ccccc9n(-c9ccccc9)c8cc6C7(C)C)ccc6ccc3c4c65)cc2-c2cc3c4ccccc4n(-c4ccccc4)c3cc21. The standard InChI is InChI=1S/C70H48N2/c1-69(2)59-33-27-43(35-53(59)55-37-57-49-19-11-13-21-63(49)71(65(57)39-61(55)69)45-15-7-5-8-16-45)47-29-23-41-26-32-52-48(30-24-42-25-31-51(47)67(41)68(42)52)44-28-34-60-54(36-44)56-38-58-50-20-12-14-22-64(50)72(46-17-9-6-10-18-46)66(58)40-62(56)70(60,3)4/h5-40H,1-4H3. The number of rotatable bonds is 4. The van der Waals surface area contributed by atoms with Gasteiger partial charge in [-0.25, -0.2) is 0 Å². The molecule has 12 aromatic carbocycles. The van der Waals surface area contributed by atoms with Crippen molar-refractivity contribution in [2.24, 2.45) is 0 Å². The van der Waals surface area contributed by atoms with Crippen molar-refractivity contribution in [3.8, 4) is 55.9 Å². The van der Waals surface area contributed by atoms with Crippen LogP contribution in [0.1, 0.15) is 49.9 Å². The van der Waals surface area contributed by atoms with Crippen LogP contribution in [0.2, 0.25) is 0 Å². The van der Waals surface area contributed by atoms with Crippen molar-refractivity contribution >= 4 is 75.9 Å². The molecule has 0 fully saturated rings. The van der Waals surface area contributed by atoms with Crippen molar-refractivity contribution < 1.29 is 0 Å². The molecule has 0 bridgehead atoms. The number of hydrogen-bond donors (Lipinski definition) is 0. The summed E-state index contributed by atoms with van der Waals surface area (Å²) >= 11 is 0. The topological polar surface area (TPSA) is 9.86 Å². The van der Waals surface area contributed by atoms with Crippen molar-refractivity contribution in [2.75, 3.05) is 0 Å². The Hall–Kier alpha value is -8.72. The zero-order chi connectivity index (χ0) is 47.8. The van der Waals surface area contributed by atoms with E-state index in [0.29, 0.717) is 0 Å². The largest absolute Gasteiger partial charge is 0.309 e. The van der Waals surface area contributed by atoms with E-state index < -0.39 is 0 Å². The average molecular weight is 917 g/mol. The lowest BCUT2D eigenvalue weighted by molar-refractivity contribution is 0.661. The second-order valence-corrected chi connectivity index (χ2v) is 21.6. The lowest BCUT2D eigenvalue weighted by Crippen LogP contribution is -2.15. The van der Waals surface area contributed by atoms with Gasteiger partial charge in [-0.3, -0.25) is 0 Å². The normalized spacial score (nSPS) is 14.3. The smallest absolute Gasteiger partial charge is 0.0544 e. The molecule has 0 radical (unpaired) electrons. The molecule has 338 valence electrons. The van der Waals surface area contributed by atoms with Crippen LogP contribution in [-0.2, 0) is 10.8 Å². The molecule has 2 heteroatoms. The van der Waals surface area contributed by atoms with Crippen LogP contribution in [0.4, 0.5) is 0 Å². The Bertz CT molecular complexity index is 4360. The lowest BCUT2D eigenvalue weighted by atomic mass is 9.81. The molecular weight excluding hydrogens is 869 g/mol. The highest BCUT2D eigenvalue weighted by Gasteiger charge is 2.38. The summed E-state index contributed by atoms with van der Waals surface area (Å²) in [6.07, 6.45) is 0. The molecule has 2 aliphatic rings. The van der Waals surface area contributed by atoms with Gasteiger partial charge in [-0.1, -0.05) is 173 Å². The Morgan fingerprint density at radius 3 is 1.10 bits per heavy atom. The Morgan fingerprint density at radius 1 is 0.264 bits per heavy atom. The molecule has 0 atom stereocenters. The molecule has 2 heterocycles. The van der Waals surface area contributed by atoms with E-state index in [1.165, 1.54) is 154 Å². The fraction of sp³-hybridized carbons (Fsp3) is 0.0857. The third kappa shape index (κ3) is 5.18. The lowest BCUT2D eigenvalue weighted by Gasteiger charge is -2.22. The van der Waals surface area contributed by atoms with Crippen LogP contribution in [0, 0.1) is 0 Å². The first-order valence-corrected chi connectivity index (χ1v) is 25.5. The molecule has 72 heavy (non-hydrogen) atoms. The van der Waals surface area contributed by atoms with Gasteiger partial charge in [-0.2, -0.15) is 0 Å². The molecule has 0 amide bonds. The maximum atomic E-state index is 2.49. The maximum absolute atomic E-state index is 2.49. The first kappa shape index (κ1) is 40.1. The monoisotopic (exact) mass is 916 g/mol. The maximum Gasteiger partial charge on any atom is 0.0544 e. The fourth-order valence-corrected chi connectivity index (χ4v) is 13.8. The highest BCUT2D eigenvalue weighted by atomic mass is 15.0. The predicted molar refractivity (Wildman–Crippen MR) is 305 cm³/mol. The van der Waals surface area contributed by atoms with Crippen LogP contribution in [0.3, 0.4) is 0 Å². The molecular formula is C70H48N2. The number of para-hydroxylation sites is 4. The quantitative estimate of drug-likeness (QED) is 0.156. The predicted octanol–water partition coefficient (Wildman–Crippen LogP) is 18.7. The van der Waals surface area contributed by atoms with Gasteiger partial charge in [-0.05, 0) is 172 Å². The van der Waals surface area contributed by atoms with E-state index in [1.54, 1.807) is 0 Å². The number of nitrogens with zero attached hydrogens (tertiary/aromatic N) is 2. The van der Waals surface area contributed by atoms with Crippen molar-refractivity contribution in [2.45, 2.75) is 38.5 Å². The van der Waals surface area contributed by atoms with Crippen LogP contribution in [0.5, 0.6) is 0 Å². The summed E-state index contributed by atoms with van der Waals surface area (Å²) in [5, 5.41) is 13.0. The third-order valence-electron chi connectivity index (χ3n) is 17.3. The van der Waals surface area contributed by atoms with Gasteiger partial charge in [0.15, 0.2) is 0 Å². The van der Waals surface area contributed by atoms with Crippen LogP contribution in [-0.4, -0.2) is 9.13 Å². The fourth-order valence-electron chi connectivity index (χ4n) is 13.8. The summed E-state index contributed by atoms with van der Waals surface area (Å²) in [6.45, 7) is 9.60. The van der Waals surface area contributed by atoms with Crippen molar-refractivity contribution in [1.82, 2.24) is 9.13 Å². The number of fused-ring (bicyclic) bond motifs is 12. The molecule has 2 aromatic heterocycles. The number of aromatic nitrogens is 2. The Kier molecular flexibility index (Phi) is 7.78. The van der Waals surface area contributed by atoms with E-state index >= 15 is 0 Å². The molecule has 2 nitrogen and oxygen atoms in total. The van der Waals surface area contributed by atoms with Crippen LogP contribution >= 0.6 is 0 Å². The minimum absolute atomic E-state index is 0.154. The molecule has 14 aromatic rings. The molecule has 0 saturated heterocycles. The van der Waals surface area contributed by atoms with Gasteiger partial charge in [0, 0.05) is 43.7 Å². The minimum atomic E-state index is -0.154. The van der Waals surface area contributed by atoms with Crippen LogP contribution in [0.25, 0.3) is 132 Å². The Labute approximate surface area is 418 Å². The third-order valence-corrected chi connectivity index (χ3v) is 17.3. The van der Waals surface area contributed by atoms with Gasteiger partial charge in [0.2, 0.25) is 0 Å². The van der Waals surface area contributed by atoms with Gasteiger partial charge in [0.25, 0.3) is 0 Å². The van der Waals surface area contributed by atoms with Gasteiger partial charge in [0.1, 0.15) is 0 Å². The Balaban J connectivity index is 0.845. The summed E-state index contributed by atoms with van der Waals surface area (Å²) in [5.74, 6) is 0. The summed E-state index contributed by atoms with van der Waals surface area (Å²) in [6, 6.07) is 82.7. The molecule has 16 rings (SSSR count). The summed E-state index contributed by atoms with van der Waals surface area (Å²) < 4.78 is 4.89. The molecule has 2 aliphatic carbocycles. The van der Waals surface area contributed by atoms with E-state index in [0.717, 1.165) is 0 Å². The highest BCUT2D eigenvalue weighted by Crippen LogP contribution is 2.55. The molecule has 0 saturated carbocycles. The number of hydrogen-bond acceptors (Lipinski definition) is 0. The summed E-state index contributed by atoms with van der Waals surface area (Å²) in [7, 11) is 0. The van der Waals surface area contributed by atoms with Gasteiger partial charge in [-0.15, -0.1) is 0 Å². The van der Waals surface area contributed by atoms with Gasteiger partial charge < -0.3 is 9.13 Å². The van der Waals surface area contributed by atoms with Crippen molar-refractivity contribution in [3.63, 3.8) is 0 Å².